The molecule has 1 aromatic heterocycles. The second-order valence-corrected chi connectivity index (χ2v) is 6.86. The van der Waals surface area contributed by atoms with Crippen molar-refractivity contribution in [2.45, 2.75) is 31.9 Å². The van der Waals surface area contributed by atoms with Crippen molar-refractivity contribution in [2.75, 3.05) is 27.2 Å². The van der Waals surface area contributed by atoms with E-state index in [2.05, 4.69) is 17.1 Å². The number of amides is 1. The summed E-state index contributed by atoms with van der Waals surface area (Å²) in [5, 5.41) is 3.78. The molecule has 0 saturated carbocycles. The molecule has 0 radical (unpaired) electrons. The SMILES string of the molecule is CN(C[C@H]1CCCCN1C)C(=O)c1cc(COc2ccc(F)cc2F)on1. The normalized spacial score (nSPS) is 17.7. The highest BCUT2D eigenvalue weighted by atomic mass is 19.1. The Morgan fingerprint density at radius 2 is 2.19 bits per heavy atom. The maximum absolute atomic E-state index is 13.6. The summed E-state index contributed by atoms with van der Waals surface area (Å²) in [6.07, 6.45) is 3.42. The number of ether oxygens (including phenoxy) is 1. The number of benzene rings is 1. The van der Waals surface area contributed by atoms with Crippen molar-refractivity contribution in [2.24, 2.45) is 0 Å². The van der Waals surface area contributed by atoms with Crippen LogP contribution in [-0.2, 0) is 6.61 Å². The molecule has 27 heavy (non-hydrogen) atoms. The van der Waals surface area contributed by atoms with Crippen molar-refractivity contribution < 1.29 is 22.8 Å². The van der Waals surface area contributed by atoms with E-state index in [-0.39, 0.29) is 29.7 Å². The number of hydrogen-bond acceptors (Lipinski definition) is 5. The number of hydrogen-bond donors (Lipinski definition) is 0. The number of piperidine rings is 1. The number of likely N-dealkylation sites (tertiary alicyclic amines) is 1. The van der Waals surface area contributed by atoms with Gasteiger partial charge >= 0.3 is 0 Å². The van der Waals surface area contributed by atoms with Crippen LogP contribution in [0.4, 0.5) is 8.78 Å². The number of halogens is 2. The average Bonchev–Trinajstić information content (AvgIpc) is 3.11. The van der Waals surface area contributed by atoms with Gasteiger partial charge in [0.2, 0.25) is 0 Å². The summed E-state index contributed by atoms with van der Waals surface area (Å²) in [6.45, 7) is 1.55. The first-order valence-corrected chi connectivity index (χ1v) is 8.93. The fraction of sp³-hybridized carbons (Fsp3) is 0.474. The first-order valence-electron chi connectivity index (χ1n) is 8.93. The standard InChI is InChI=1S/C19H23F2N3O3/c1-23-8-4-3-5-14(23)11-24(2)19(25)17-10-15(27-22-17)12-26-18-7-6-13(20)9-16(18)21/h6-7,9-10,14H,3-5,8,11-12H2,1-2H3/t14-/m1/s1. The molecule has 8 heteroatoms. The van der Waals surface area contributed by atoms with E-state index < -0.39 is 11.6 Å². The molecule has 6 nitrogen and oxygen atoms in total. The third-order valence-corrected chi connectivity index (χ3v) is 4.79. The first kappa shape index (κ1) is 19.3. The van der Waals surface area contributed by atoms with Crippen molar-refractivity contribution in [1.29, 1.82) is 0 Å². The molecule has 2 heterocycles. The lowest BCUT2D eigenvalue weighted by Gasteiger charge is -2.34. The molecular formula is C19H23F2N3O3. The van der Waals surface area contributed by atoms with Crippen LogP contribution in [0, 0.1) is 11.6 Å². The third kappa shape index (κ3) is 4.82. The van der Waals surface area contributed by atoms with E-state index >= 15 is 0 Å². The minimum Gasteiger partial charge on any atom is -0.482 e. The molecule has 1 aliphatic heterocycles. The van der Waals surface area contributed by atoms with Crippen LogP contribution in [0.15, 0.2) is 28.8 Å². The maximum atomic E-state index is 13.6. The molecular weight excluding hydrogens is 356 g/mol. The summed E-state index contributed by atoms with van der Waals surface area (Å²) in [6, 6.07) is 4.85. The molecule has 3 rings (SSSR count). The van der Waals surface area contributed by atoms with Crippen LogP contribution >= 0.6 is 0 Å². The summed E-state index contributed by atoms with van der Waals surface area (Å²) in [4.78, 5) is 16.5. The molecule has 1 atom stereocenters. The second-order valence-electron chi connectivity index (χ2n) is 6.86. The average molecular weight is 379 g/mol. The summed E-state index contributed by atoms with van der Waals surface area (Å²) in [5.41, 5.74) is 0.175. The second kappa shape index (κ2) is 8.47. The number of aromatic nitrogens is 1. The molecule has 2 aromatic rings. The Hall–Kier alpha value is -2.48. The van der Waals surface area contributed by atoms with E-state index in [1.54, 1.807) is 11.9 Å². The van der Waals surface area contributed by atoms with E-state index in [4.69, 9.17) is 9.26 Å². The molecule has 1 fully saturated rings. The first-order chi connectivity index (χ1) is 12.9. The van der Waals surface area contributed by atoms with Gasteiger partial charge in [-0.3, -0.25) is 4.79 Å². The molecule has 1 aliphatic rings. The zero-order chi connectivity index (χ0) is 19.4. The molecule has 0 bridgehead atoms. The lowest BCUT2D eigenvalue weighted by molar-refractivity contribution is 0.0707. The number of rotatable bonds is 6. The van der Waals surface area contributed by atoms with Gasteiger partial charge in [-0.05, 0) is 38.6 Å². The van der Waals surface area contributed by atoms with Crippen molar-refractivity contribution in [1.82, 2.24) is 15.0 Å². The van der Waals surface area contributed by atoms with Gasteiger partial charge in [0, 0.05) is 31.8 Å². The molecule has 0 unspecified atom stereocenters. The van der Waals surface area contributed by atoms with E-state index in [1.165, 1.54) is 25.0 Å². The fourth-order valence-corrected chi connectivity index (χ4v) is 3.19. The Kier molecular flexibility index (Phi) is 6.05. The highest BCUT2D eigenvalue weighted by Crippen LogP contribution is 2.20. The zero-order valence-corrected chi connectivity index (χ0v) is 15.5. The van der Waals surface area contributed by atoms with Gasteiger partial charge in [0.1, 0.15) is 12.4 Å². The van der Waals surface area contributed by atoms with Crippen molar-refractivity contribution in [3.05, 3.63) is 47.4 Å². The van der Waals surface area contributed by atoms with E-state index in [1.807, 2.05) is 0 Å². The Bertz CT molecular complexity index is 796. The van der Waals surface area contributed by atoms with Crippen LogP contribution < -0.4 is 4.74 Å². The minimum absolute atomic E-state index is 0.0990. The van der Waals surface area contributed by atoms with Crippen molar-refractivity contribution in [3.8, 4) is 5.75 Å². The third-order valence-electron chi connectivity index (χ3n) is 4.79. The molecule has 146 valence electrons. The van der Waals surface area contributed by atoms with Gasteiger partial charge < -0.3 is 19.1 Å². The van der Waals surface area contributed by atoms with Crippen molar-refractivity contribution >= 4 is 5.91 Å². The topological polar surface area (TPSA) is 58.8 Å². The van der Waals surface area contributed by atoms with Crippen LogP contribution in [-0.4, -0.2) is 54.1 Å². The minimum atomic E-state index is -0.804. The lowest BCUT2D eigenvalue weighted by atomic mass is 10.0. The lowest BCUT2D eigenvalue weighted by Crippen LogP contribution is -2.45. The van der Waals surface area contributed by atoms with Crippen LogP contribution in [0.1, 0.15) is 35.5 Å². The number of nitrogens with zero attached hydrogens (tertiary/aromatic N) is 3. The molecule has 0 N–H and O–H groups in total. The van der Waals surface area contributed by atoms with Crippen LogP contribution in [0.2, 0.25) is 0 Å². The van der Waals surface area contributed by atoms with Gasteiger partial charge in [0.25, 0.3) is 5.91 Å². The van der Waals surface area contributed by atoms with E-state index in [9.17, 15) is 13.6 Å². The van der Waals surface area contributed by atoms with Crippen LogP contribution in [0.5, 0.6) is 5.75 Å². The van der Waals surface area contributed by atoms with Gasteiger partial charge in [0.15, 0.2) is 23.0 Å². The van der Waals surface area contributed by atoms with E-state index in [0.29, 0.717) is 12.6 Å². The molecule has 1 aromatic carbocycles. The fourth-order valence-electron chi connectivity index (χ4n) is 3.19. The van der Waals surface area contributed by atoms with Crippen LogP contribution in [0.25, 0.3) is 0 Å². The van der Waals surface area contributed by atoms with Gasteiger partial charge in [-0.2, -0.15) is 0 Å². The summed E-state index contributed by atoms with van der Waals surface area (Å²) >= 11 is 0. The number of likely N-dealkylation sites (N-methyl/N-ethyl adjacent to an activating group) is 2. The Morgan fingerprint density at radius 3 is 2.93 bits per heavy atom. The smallest absolute Gasteiger partial charge is 0.275 e. The Balaban J connectivity index is 1.56. The van der Waals surface area contributed by atoms with Crippen LogP contribution in [0.3, 0.4) is 0 Å². The molecule has 1 saturated heterocycles. The Morgan fingerprint density at radius 1 is 1.37 bits per heavy atom. The molecule has 1 amide bonds. The highest BCUT2D eigenvalue weighted by molar-refractivity contribution is 5.92. The molecule has 0 spiro atoms. The van der Waals surface area contributed by atoms with Crippen molar-refractivity contribution in [3.63, 3.8) is 0 Å². The summed E-state index contributed by atoms with van der Waals surface area (Å²) in [7, 11) is 3.81. The number of carbonyl (C=O) groups is 1. The van der Waals surface area contributed by atoms with Gasteiger partial charge in [-0.1, -0.05) is 11.6 Å². The predicted octanol–water partition coefficient (Wildman–Crippen LogP) is 3.09. The van der Waals surface area contributed by atoms with E-state index in [0.717, 1.165) is 25.1 Å². The maximum Gasteiger partial charge on any atom is 0.275 e. The largest absolute Gasteiger partial charge is 0.482 e. The molecule has 0 aliphatic carbocycles. The summed E-state index contributed by atoms with van der Waals surface area (Å²) < 4.78 is 36.8. The predicted molar refractivity (Wildman–Crippen MR) is 94.4 cm³/mol. The van der Waals surface area contributed by atoms with Gasteiger partial charge in [0.05, 0.1) is 0 Å². The quantitative estimate of drug-likeness (QED) is 0.772. The number of carbonyl (C=O) groups excluding carboxylic acids is 1. The van der Waals surface area contributed by atoms with Gasteiger partial charge in [-0.15, -0.1) is 0 Å². The summed E-state index contributed by atoms with van der Waals surface area (Å²) in [5.74, 6) is -1.54. The Labute approximate surface area is 156 Å². The van der Waals surface area contributed by atoms with Gasteiger partial charge in [-0.25, -0.2) is 8.78 Å². The highest BCUT2D eigenvalue weighted by Gasteiger charge is 2.24. The zero-order valence-electron chi connectivity index (χ0n) is 15.5. The monoisotopic (exact) mass is 379 g/mol.